The Balaban J connectivity index is 2.61. The predicted molar refractivity (Wildman–Crippen MR) is 60.1 cm³/mol. The minimum Gasteiger partial charge on any atom is -0.598 e. The smallest absolute Gasteiger partial charge is 0.305 e. The molecule has 0 radical (unpaired) electrons. The number of hydrogen-bond acceptors (Lipinski definition) is 3. The zero-order chi connectivity index (χ0) is 12.6. The Hall–Kier alpha value is -0.330. The van der Waals surface area contributed by atoms with Gasteiger partial charge in [0.15, 0.2) is 0 Å². The van der Waals surface area contributed by atoms with E-state index in [-0.39, 0.29) is 6.42 Å². The van der Waals surface area contributed by atoms with Crippen molar-refractivity contribution in [3.8, 4) is 0 Å². The van der Waals surface area contributed by atoms with E-state index in [1.54, 1.807) is 20.8 Å². The molecule has 0 aromatic carbocycles. The SMILES string of the molecule is CC(C)(C)[S@@+]([O-])NC(CC(=O)O)C1(F)CC1. The van der Waals surface area contributed by atoms with Gasteiger partial charge in [-0.05, 0) is 33.6 Å². The van der Waals surface area contributed by atoms with Gasteiger partial charge in [0.1, 0.15) is 10.4 Å². The van der Waals surface area contributed by atoms with Crippen LogP contribution in [0.2, 0.25) is 0 Å². The van der Waals surface area contributed by atoms with Gasteiger partial charge in [-0.3, -0.25) is 4.79 Å². The standard InChI is InChI=1S/C10H18FNO3S/c1-9(2,3)16(15)12-7(6-8(13)14)10(11)4-5-10/h7,12H,4-6H2,1-3H3,(H,13,14)/t7?,16-/m1/s1. The van der Waals surface area contributed by atoms with Crippen LogP contribution in [-0.2, 0) is 16.2 Å². The van der Waals surface area contributed by atoms with E-state index in [0.29, 0.717) is 12.8 Å². The first-order chi connectivity index (χ1) is 7.15. The molecular formula is C10H18FNO3S. The maximum absolute atomic E-state index is 13.8. The van der Waals surface area contributed by atoms with Crippen LogP contribution in [-0.4, -0.2) is 32.1 Å². The Morgan fingerprint density at radius 1 is 1.62 bits per heavy atom. The number of carboxylic acids is 1. The number of aliphatic carboxylic acids is 1. The van der Waals surface area contributed by atoms with E-state index in [4.69, 9.17) is 5.11 Å². The number of halogens is 1. The third kappa shape index (κ3) is 3.61. The molecule has 0 bridgehead atoms. The summed E-state index contributed by atoms with van der Waals surface area (Å²) >= 11 is -1.44. The number of alkyl halides is 1. The minimum absolute atomic E-state index is 0.335. The van der Waals surface area contributed by atoms with Crippen molar-refractivity contribution in [1.82, 2.24) is 4.72 Å². The van der Waals surface area contributed by atoms with Crippen LogP contribution in [0.1, 0.15) is 40.0 Å². The highest BCUT2D eigenvalue weighted by atomic mass is 32.2. The van der Waals surface area contributed by atoms with Crippen LogP contribution >= 0.6 is 0 Å². The van der Waals surface area contributed by atoms with E-state index in [1.807, 2.05) is 0 Å². The Kier molecular flexibility index (Phi) is 3.87. The molecule has 16 heavy (non-hydrogen) atoms. The topological polar surface area (TPSA) is 72.4 Å². The van der Waals surface area contributed by atoms with Gasteiger partial charge in [0.05, 0.1) is 12.5 Å². The molecule has 2 N–H and O–H groups in total. The number of rotatable bonds is 5. The fourth-order valence-corrected chi connectivity index (χ4v) is 2.19. The van der Waals surface area contributed by atoms with Gasteiger partial charge < -0.3 is 9.66 Å². The summed E-state index contributed by atoms with van der Waals surface area (Å²) in [5, 5.41) is 8.69. The lowest BCUT2D eigenvalue weighted by atomic mass is 10.1. The molecule has 0 heterocycles. The van der Waals surface area contributed by atoms with Crippen molar-refractivity contribution >= 4 is 17.3 Å². The number of carbonyl (C=O) groups is 1. The Labute approximate surface area is 97.9 Å². The first-order valence-electron chi connectivity index (χ1n) is 5.24. The summed E-state index contributed by atoms with van der Waals surface area (Å²) < 4.78 is 27.7. The first-order valence-corrected chi connectivity index (χ1v) is 6.39. The number of nitrogens with one attached hydrogen (secondary N) is 1. The van der Waals surface area contributed by atoms with E-state index >= 15 is 0 Å². The minimum atomic E-state index is -1.49. The van der Waals surface area contributed by atoms with Gasteiger partial charge in [0.25, 0.3) is 0 Å². The zero-order valence-electron chi connectivity index (χ0n) is 9.75. The van der Waals surface area contributed by atoms with Crippen LogP contribution in [0.15, 0.2) is 0 Å². The van der Waals surface area contributed by atoms with Gasteiger partial charge in [-0.2, -0.15) is 0 Å². The second-order valence-electron chi connectivity index (χ2n) is 5.18. The van der Waals surface area contributed by atoms with Crippen molar-refractivity contribution in [3.63, 3.8) is 0 Å². The third-order valence-corrected chi connectivity index (χ3v) is 4.15. The highest BCUT2D eigenvalue weighted by Gasteiger charge is 2.53. The summed E-state index contributed by atoms with van der Waals surface area (Å²) in [6.45, 7) is 5.27. The number of hydrogen-bond donors (Lipinski definition) is 2. The van der Waals surface area contributed by atoms with Crippen LogP contribution in [0.3, 0.4) is 0 Å². The van der Waals surface area contributed by atoms with Gasteiger partial charge in [0, 0.05) is 11.4 Å². The zero-order valence-corrected chi connectivity index (χ0v) is 10.6. The van der Waals surface area contributed by atoms with Crippen molar-refractivity contribution in [2.75, 3.05) is 0 Å². The van der Waals surface area contributed by atoms with E-state index in [2.05, 4.69) is 4.72 Å². The highest BCUT2D eigenvalue weighted by Crippen LogP contribution is 2.44. The molecule has 1 fully saturated rings. The molecule has 94 valence electrons. The van der Waals surface area contributed by atoms with E-state index in [0.717, 1.165) is 0 Å². The molecule has 0 saturated heterocycles. The molecule has 0 spiro atoms. The Morgan fingerprint density at radius 2 is 2.12 bits per heavy atom. The average molecular weight is 251 g/mol. The molecule has 2 atom stereocenters. The van der Waals surface area contributed by atoms with Gasteiger partial charge in [-0.15, -0.1) is 4.72 Å². The van der Waals surface area contributed by atoms with Gasteiger partial charge in [-0.25, -0.2) is 4.39 Å². The molecule has 6 heteroatoms. The molecule has 0 aromatic rings. The summed E-state index contributed by atoms with van der Waals surface area (Å²) in [4.78, 5) is 10.6. The van der Waals surface area contributed by atoms with E-state index < -0.39 is 33.8 Å². The van der Waals surface area contributed by atoms with E-state index in [1.165, 1.54) is 0 Å². The lowest BCUT2D eigenvalue weighted by Crippen LogP contribution is -2.50. The molecule has 1 unspecified atom stereocenters. The summed E-state index contributed by atoms with van der Waals surface area (Å²) in [6.07, 6.45) is 0.358. The first kappa shape index (κ1) is 13.7. The fraction of sp³-hybridized carbons (Fsp3) is 0.900. The second kappa shape index (κ2) is 4.50. The largest absolute Gasteiger partial charge is 0.598 e. The summed E-state index contributed by atoms with van der Waals surface area (Å²) in [6, 6.07) is -0.856. The van der Waals surface area contributed by atoms with Crippen molar-refractivity contribution in [2.45, 2.75) is 56.5 Å². The monoisotopic (exact) mass is 251 g/mol. The Morgan fingerprint density at radius 3 is 2.44 bits per heavy atom. The molecule has 0 aliphatic heterocycles. The van der Waals surface area contributed by atoms with Gasteiger partial charge in [-0.1, -0.05) is 0 Å². The van der Waals surface area contributed by atoms with Crippen LogP contribution < -0.4 is 4.72 Å². The van der Waals surface area contributed by atoms with Crippen molar-refractivity contribution in [3.05, 3.63) is 0 Å². The second-order valence-corrected chi connectivity index (χ2v) is 7.18. The lowest BCUT2D eigenvalue weighted by Gasteiger charge is -2.28. The molecule has 1 rings (SSSR count). The molecule has 0 aromatic heterocycles. The molecule has 1 aliphatic carbocycles. The van der Waals surface area contributed by atoms with E-state index in [9.17, 15) is 13.7 Å². The molecule has 0 amide bonds. The maximum atomic E-state index is 13.8. The van der Waals surface area contributed by atoms with Crippen molar-refractivity contribution in [1.29, 1.82) is 0 Å². The predicted octanol–water partition coefficient (Wildman–Crippen LogP) is 1.38. The maximum Gasteiger partial charge on any atom is 0.305 e. The van der Waals surface area contributed by atoms with Crippen molar-refractivity contribution < 1.29 is 18.8 Å². The van der Waals surface area contributed by atoms with Crippen LogP contribution in [0.25, 0.3) is 0 Å². The normalized spacial score (nSPS) is 22.6. The lowest BCUT2D eigenvalue weighted by molar-refractivity contribution is -0.138. The summed E-state index contributed by atoms with van der Waals surface area (Å²) in [5.41, 5.74) is -1.49. The molecular weight excluding hydrogens is 233 g/mol. The van der Waals surface area contributed by atoms with Crippen LogP contribution in [0.5, 0.6) is 0 Å². The quantitative estimate of drug-likeness (QED) is 0.724. The third-order valence-electron chi connectivity index (χ3n) is 2.54. The average Bonchev–Trinajstić information content (AvgIpc) is 2.81. The van der Waals surface area contributed by atoms with Gasteiger partial charge in [0.2, 0.25) is 0 Å². The fourth-order valence-electron chi connectivity index (χ4n) is 1.28. The summed E-state index contributed by atoms with van der Waals surface area (Å²) in [5.74, 6) is -1.08. The molecule has 1 aliphatic rings. The van der Waals surface area contributed by atoms with Gasteiger partial charge >= 0.3 is 5.97 Å². The van der Waals surface area contributed by atoms with Crippen molar-refractivity contribution in [2.24, 2.45) is 0 Å². The molecule has 4 nitrogen and oxygen atoms in total. The summed E-state index contributed by atoms with van der Waals surface area (Å²) in [7, 11) is 0. The molecule has 1 saturated carbocycles. The van der Waals surface area contributed by atoms with Crippen LogP contribution in [0.4, 0.5) is 4.39 Å². The highest BCUT2D eigenvalue weighted by molar-refractivity contribution is 7.90. The Bertz CT molecular complexity index is 276. The number of carboxylic acid groups (broad SMARTS) is 1. The van der Waals surface area contributed by atoms with Crippen LogP contribution in [0, 0.1) is 0 Å².